The van der Waals surface area contributed by atoms with Gasteiger partial charge in [0, 0.05) is 16.7 Å². The maximum absolute atomic E-state index is 5.39. The highest BCUT2D eigenvalue weighted by molar-refractivity contribution is 5.93. The molecule has 0 radical (unpaired) electrons. The van der Waals surface area contributed by atoms with Crippen molar-refractivity contribution >= 4 is 11.0 Å². The van der Waals surface area contributed by atoms with Crippen LogP contribution in [0.25, 0.3) is 39.2 Å². The number of hydrogen-bond donors (Lipinski definition) is 0. The molecule has 0 saturated carbocycles. The fourth-order valence-corrected chi connectivity index (χ4v) is 5.81. The molecular formula is C31H28N2O. The van der Waals surface area contributed by atoms with Crippen LogP contribution in [0.1, 0.15) is 37.8 Å². The predicted molar refractivity (Wildman–Crippen MR) is 140 cm³/mol. The Bertz CT molecular complexity index is 1490. The average Bonchev–Trinajstić information content (AvgIpc) is 3.41. The van der Waals surface area contributed by atoms with Crippen LogP contribution in [0.3, 0.4) is 0 Å². The number of aromatic nitrogens is 2. The average molecular weight is 445 g/mol. The van der Waals surface area contributed by atoms with Gasteiger partial charge < -0.3 is 4.74 Å². The van der Waals surface area contributed by atoms with Gasteiger partial charge in [-0.1, -0.05) is 56.3 Å². The van der Waals surface area contributed by atoms with Crippen LogP contribution >= 0.6 is 0 Å². The highest BCUT2D eigenvalue weighted by Crippen LogP contribution is 2.53. The molecule has 0 fully saturated rings. The second-order valence-corrected chi connectivity index (χ2v) is 9.06. The SMILES string of the molecule is CCC1(CC)c2ccccc2-c2cc3nc(-c4ccc(OC)cc4)n(-c4ccccc4)c3cc21. The Morgan fingerprint density at radius 2 is 1.47 bits per heavy atom. The molecule has 3 heteroatoms. The summed E-state index contributed by atoms with van der Waals surface area (Å²) in [7, 11) is 1.70. The van der Waals surface area contributed by atoms with Gasteiger partial charge in [0.15, 0.2) is 0 Å². The van der Waals surface area contributed by atoms with E-state index >= 15 is 0 Å². The third-order valence-electron chi connectivity index (χ3n) is 7.61. The third-order valence-corrected chi connectivity index (χ3v) is 7.61. The lowest BCUT2D eigenvalue weighted by molar-refractivity contribution is 0.415. The first-order valence-electron chi connectivity index (χ1n) is 12.1. The molecule has 34 heavy (non-hydrogen) atoms. The predicted octanol–water partition coefficient (Wildman–Crippen LogP) is 7.79. The number of methoxy groups -OCH3 is 1. The second-order valence-electron chi connectivity index (χ2n) is 9.06. The molecule has 0 amide bonds. The third kappa shape index (κ3) is 2.86. The van der Waals surface area contributed by atoms with E-state index in [-0.39, 0.29) is 5.41 Å². The number of rotatable bonds is 5. The standard InChI is InChI=1S/C31H28N2O/c1-4-31(5-2)26-14-10-9-13-24(26)25-19-28-29(20-27(25)31)33(22-11-7-6-8-12-22)30(32-28)21-15-17-23(34-3)18-16-21/h6-20H,4-5H2,1-3H3. The van der Waals surface area contributed by atoms with Gasteiger partial charge in [0.25, 0.3) is 0 Å². The van der Waals surface area contributed by atoms with Gasteiger partial charge in [0.1, 0.15) is 11.6 Å². The van der Waals surface area contributed by atoms with E-state index in [0.29, 0.717) is 0 Å². The van der Waals surface area contributed by atoms with Crippen LogP contribution in [0.2, 0.25) is 0 Å². The fraction of sp³-hybridized carbons (Fsp3) is 0.194. The second kappa shape index (κ2) is 7.88. The highest BCUT2D eigenvalue weighted by Gasteiger charge is 2.41. The van der Waals surface area contributed by atoms with Crippen molar-refractivity contribution in [3.63, 3.8) is 0 Å². The van der Waals surface area contributed by atoms with E-state index in [9.17, 15) is 0 Å². The van der Waals surface area contributed by atoms with Crippen molar-refractivity contribution < 1.29 is 4.74 Å². The Balaban J connectivity index is 1.68. The van der Waals surface area contributed by atoms with E-state index in [1.165, 1.54) is 22.3 Å². The topological polar surface area (TPSA) is 27.1 Å². The summed E-state index contributed by atoms with van der Waals surface area (Å²) in [5.74, 6) is 1.79. The van der Waals surface area contributed by atoms with Crippen LogP contribution in [-0.4, -0.2) is 16.7 Å². The molecule has 0 spiro atoms. The van der Waals surface area contributed by atoms with Crippen molar-refractivity contribution in [2.24, 2.45) is 0 Å². The maximum atomic E-state index is 5.39. The molecule has 4 aromatic carbocycles. The van der Waals surface area contributed by atoms with E-state index in [0.717, 1.165) is 46.7 Å². The Morgan fingerprint density at radius 1 is 0.765 bits per heavy atom. The first kappa shape index (κ1) is 20.7. The summed E-state index contributed by atoms with van der Waals surface area (Å²) in [4.78, 5) is 5.19. The quantitative estimate of drug-likeness (QED) is 0.277. The van der Waals surface area contributed by atoms with Crippen LogP contribution in [0, 0.1) is 0 Å². The minimum atomic E-state index is 0.0339. The van der Waals surface area contributed by atoms with Crippen molar-refractivity contribution in [1.29, 1.82) is 0 Å². The minimum absolute atomic E-state index is 0.0339. The molecule has 0 atom stereocenters. The molecule has 0 unspecified atom stereocenters. The van der Waals surface area contributed by atoms with E-state index in [4.69, 9.17) is 9.72 Å². The lowest BCUT2D eigenvalue weighted by Gasteiger charge is -2.29. The summed E-state index contributed by atoms with van der Waals surface area (Å²) in [6.07, 6.45) is 2.15. The molecule has 3 nitrogen and oxygen atoms in total. The minimum Gasteiger partial charge on any atom is -0.497 e. The molecule has 1 aliphatic rings. The number of ether oxygens (including phenoxy) is 1. The number of fused-ring (bicyclic) bond motifs is 4. The van der Waals surface area contributed by atoms with Crippen LogP contribution in [0.5, 0.6) is 5.75 Å². The van der Waals surface area contributed by atoms with E-state index in [1.807, 2.05) is 12.1 Å². The van der Waals surface area contributed by atoms with Crippen LogP contribution < -0.4 is 4.74 Å². The van der Waals surface area contributed by atoms with E-state index in [2.05, 4.69) is 97.3 Å². The lowest BCUT2D eigenvalue weighted by Crippen LogP contribution is -2.23. The molecule has 1 aliphatic carbocycles. The smallest absolute Gasteiger partial charge is 0.145 e. The largest absolute Gasteiger partial charge is 0.497 e. The van der Waals surface area contributed by atoms with Gasteiger partial charge in [-0.25, -0.2) is 4.98 Å². The van der Waals surface area contributed by atoms with Crippen LogP contribution in [0.15, 0.2) is 91.0 Å². The first-order valence-corrected chi connectivity index (χ1v) is 12.1. The molecule has 0 bridgehead atoms. The molecule has 6 rings (SSSR count). The molecule has 0 N–H and O–H groups in total. The van der Waals surface area contributed by atoms with Gasteiger partial charge in [-0.15, -0.1) is 0 Å². The monoisotopic (exact) mass is 444 g/mol. The van der Waals surface area contributed by atoms with Crippen molar-refractivity contribution in [2.45, 2.75) is 32.1 Å². The summed E-state index contributed by atoms with van der Waals surface area (Å²) < 4.78 is 7.69. The summed E-state index contributed by atoms with van der Waals surface area (Å²) in [5, 5.41) is 0. The fourth-order valence-electron chi connectivity index (χ4n) is 5.81. The number of imidazole rings is 1. The highest BCUT2D eigenvalue weighted by atomic mass is 16.5. The molecular weight excluding hydrogens is 416 g/mol. The molecule has 168 valence electrons. The molecule has 5 aromatic rings. The number of para-hydroxylation sites is 1. The van der Waals surface area contributed by atoms with Crippen molar-refractivity contribution in [3.05, 3.63) is 102 Å². The Morgan fingerprint density at radius 3 is 2.18 bits per heavy atom. The Hall–Kier alpha value is -3.85. The molecule has 0 aliphatic heterocycles. The van der Waals surface area contributed by atoms with Crippen molar-refractivity contribution in [1.82, 2.24) is 9.55 Å². The van der Waals surface area contributed by atoms with Crippen molar-refractivity contribution in [2.75, 3.05) is 7.11 Å². The Labute approximate surface area is 200 Å². The summed E-state index contributed by atoms with van der Waals surface area (Å²) in [6, 6.07) is 32.3. The normalized spacial score (nSPS) is 13.6. The van der Waals surface area contributed by atoms with E-state index in [1.54, 1.807) is 7.11 Å². The van der Waals surface area contributed by atoms with Gasteiger partial charge >= 0.3 is 0 Å². The van der Waals surface area contributed by atoms with Crippen molar-refractivity contribution in [3.8, 4) is 34.0 Å². The summed E-state index contributed by atoms with van der Waals surface area (Å²) in [5.41, 5.74) is 9.93. The zero-order valence-corrected chi connectivity index (χ0v) is 19.9. The Kier molecular flexibility index (Phi) is 4.80. The number of benzene rings is 4. The van der Waals surface area contributed by atoms with Crippen LogP contribution in [0.4, 0.5) is 0 Å². The summed E-state index contributed by atoms with van der Waals surface area (Å²) in [6.45, 7) is 4.63. The van der Waals surface area contributed by atoms with Crippen LogP contribution in [-0.2, 0) is 5.41 Å². The summed E-state index contributed by atoms with van der Waals surface area (Å²) >= 11 is 0. The maximum Gasteiger partial charge on any atom is 0.145 e. The number of hydrogen-bond acceptors (Lipinski definition) is 2. The molecule has 1 heterocycles. The zero-order chi connectivity index (χ0) is 23.3. The number of nitrogens with zero attached hydrogens (tertiary/aromatic N) is 2. The van der Waals surface area contributed by atoms with Gasteiger partial charge in [-0.3, -0.25) is 4.57 Å². The molecule has 0 saturated heterocycles. The van der Waals surface area contributed by atoms with E-state index < -0.39 is 0 Å². The van der Waals surface area contributed by atoms with Gasteiger partial charge in [-0.05, 0) is 83.6 Å². The molecule has 1 aromatic heterocycles. The first-order chi connectivity index (χ1) is 16.7. The van der Waals surface area contributed by atoms with Gasteiger partial charge in [0.2, 0.25) is 0 Å². The van der Waals surface area contributed by atoms with Gasteiger partial charge in [-0.2, -0.15) is 0 Å². The lowest BCUT2D eigenvalue weighted by atomic mass is 9.74. The van der Waals surface area contributed by atoms with Gasteiger partial charge in [0.05, 0.1) is 18.1 Å². The zero-order valence-electron chi connectivity index (χ0n) is 19.9.